The van der Waals surface area contributed by atoms with Crippen LogP contribution in [0.3, 0.4) is 0 Å². The molecule has 0 saturated heterocycles. The minimum Gasteiger partial charge on any atom is -0.260 e. The Labute approximate surface area is 87.3 Å². The fourth-order valence-corrected chi connectivity index (χ4v) is 1.21. The standard InChI is InChI=1S/C6H5Br2N.BrH/c7-4-6-3-5(8)1-2-9-6;/h1-3H,4H2;1H. The molecule has 0 saturated carbocycles. The van der Waals surface area contributed by atoms with Gasteiger partial charge in [-0.2, -0.15) is 0 Å². The zero-order valence-corrected chi connectivity index (χ0v) is 9.94. The van der Waals surface area contributed by atoms with Crippen LogP contribution in [0.2, 0.25) is 0 Å². The molecule has 0 amide bonds. The summed E-state index contributed by atoms with van der Waals surface area (Å²) in [5.41, 5.74) is 1.05. The third kappa shape index (κ3) is 3.12. The van der Waals surface area contributed by atoms with E-state index in [1.54, 1.807) is 6.20 Å². The summed E-state index contributed by atoms with van der Waals surface area (Å²) in [4.78, 5) is 4.08. The van der Waals surface area contributed by atoms with E-state index in [0.717, 1.165) is 15.5 Å². The van der Waals surface area contributed by atoms with Gasteiger partial charge in [-0.1, -0.05) is 31.9 Å². The van der Waals surface area contributed by atoms with Gasteiger partial charge in [-0.15, -0.1) is 17.0 Å². The second-order valence-electron chi connectivity index (χ2n) is 1.60. The fraction of sp³-hybridized carbons (Fsp3) is 0.167. The Morgan fingerprint density at radius 2 is 2.20 bits per heavy atom. The van der Waals surface area contributed by atoms with E-state index < -0.39 is 0 Å². The van der Waals surface area contributed by atoms with Gasteiger partial charge < -0.3 is 0 Å². The van der Waals surface area contributed by atoms with Crippen molar-refractivity contribution in [1.82, 2.24) is 4.98 Å². The molecule has 0 aliphatic heterocycles. The molecule has 4 heteroatoms. The third-order valence-electron chi connectivity index (χ3n) is 0.916. The lowest BCUT2D eigenvalue weighted by atomic mass is 10.4. The van der Waals surface area contributed by atoms with E-state index in [1.807, 2.05) is 12.1 Å². The van der Waals surface area contributed by atoms with Gasteiger partial charge in [-0.05, 0) is 12.1 Å². The predicted octanol–water partition coefficient (Wildman–Crippen LogP) is 3.32. The summed E-state index contributed by atoms with van der Waals surface area (Å²) in [6.07, 6.45) is 1.78. The topological polar surface area (TPSA) is 12.9 Å². The van der Waals surface area contributed by atoms with Gasteiger partial charge in [0.25, 0.3) is 0 Å². The van der Waals surface area contributed by atoms with Crippen molar-refractivity contribution in [2.75, 3.05) is 0 Å². The lowest BCUT2D eigenvalue weighted by Gasteiger charge is -1.92. The molecule has 1 aromatic heterocycles. The average Bonchev–Trinajstić information content (AvgIpc) is 1.88. The third-order valence-corrected chi connectivity index (χ3v) is 1.98. The van der Waals surface area contributed by atoms with E-state index in [4.69, 9.17) is 0 Å². The summed E-state index contributed by atoms with van der Waals surface area (Å²) < 4.78 is 1.08. The molecule has 10 heavy (non-hydrogen) atoms. The predicted molar refractivity (Wildman–Crippen MR) is 54.9 cm³/mol. The maximum Gasteiger partial charge on any atom is 0.0520 e. The van der Waals surface area contributed by atoms with Crippen LogP contribution >= 0.6 is 48.8 Å². The highest BCUT2D eigenvalue weighted by molar-refractivity contribution is 9.10. The van der Waals surface area contributed by atoms with Crippen LogP contribution in [-0.2, 0) is 5.33 Å². The molecule has 0 bridgehead atoms. The first kappa shape index (κ1) is 10.6. The minimum absolute atomic E-state index is 0. The Morgan fingerprint density at radius 1 is 1.50 bits per heavy atom. The van der Waals surface area contributed by atoms with Gasteiger partial charge in [0, 0.05) is 16.0 Å². The molecule has 1 rings (SSSR count). The van der Waals surface area contributed by atoms with Crippen molar-refractivity contribution in [3.8, 4) is 0 Å². The molecule has 0 aliphatic carbocycles. The largest absolute Gasteiger partial charge is 0.260 e. The molecular weight excluding hydrogens is 326 g/mol. The van der Waals surface area contributed by atoms with Crippen molar-refractivity contribution in [3.05, 3.63) is 28.5 Å². The van der Waals surface area contributed by atoms with Gasteiger partial charge in [-0.3, -0.25) is 4.98 Å². The van der Waals surface area contributed by atoms with Gasteiger partial charge in [0.1, 0.15) is 0 Å². The molecule has 0 fully saturated rings. The van der Waals surface area contributed by atoms with Crippen LogP contribution in [-0.4, -0.2) is 4.98 Å². The second kappa shape index (κ2) is 5.27. The molecule has 56 valence electrons. The maximum atomic E-state index is 4.08. The van der Waals surface area contributed by atoms with Crippen LogP contribution < -0.4 is 0 Å². The summed E-state index contributed by atoms with van der Waals surface area (Å²) in [7, 11) is 0. The first-order valence-electron chi connectivity index (χ1n) is 2.49. The number of nitrogens with zero attached hydrogens (tertiary/aromatic N) is 1. The minimum atomic E-state index is 0. The van der Waals surface area contributed by atoms with Crippen molar-refractivity contribution in [2.45, 2.75) is 5.33 Å². The monoisotopic (exact) mass is 329 g/mol. The molecule has 0 unspecified atom stereocenters. The highest BCUT2D eigenvalue weighted by atomic mass is 79.9. The van der Waals surface area contributed by atoms with Gasteiger partial charge in [0.2, 0.25) is 0 Å². The van der Waals surface area contributed by atoms with Crippen molar-refractivity contribution in [3.63, 3.8) is 0 Å². The fourth-order valence-electron chi connectivity index (χ4n) is 0.522. The normalized spacial score (nSPS) is 8.60. The Bertz CT molecular complexity index is 202. The number of rotatable bonds is 1. The number of pyridine rings is 1. The van der Waals surface area contributed by atoms with E-state index in [2.05, 4.69) is 36.8 Å². The van der Waals surface area contributed by atoms with Crippen LogP contribution in [0.25, 0.3) is 0 Å². The Morgan fingerprint density at radius 3 is 2.60 bits per heavy atom. The maximum absolute atomic E-state index is 4.08. The molecule has 0 spiro atoms. The SMILES string of the molecule is Br.BrCc1cc(Br)ccn1. The zero-order valence-electron chi connectivity index (χ0n) is 5.05. The molecule has 1 nitrogen and oxygen atoms in total. The number of hydrogen-bond donors (Lipinski definition) is 0. The van der Waals surface area contributed by atoms with Gasteiger partial charge >= 0.3 is 0 Å². The van der Waals surface area contributed by atoms with Crippen LogP contribution in [0, 0.1) is 0 Å². The number of aromatic nitrogens is 1. The van der Waals surface area contributed by atoms with Gasteiger partial charge in [-0.25, -0.2) is 0 Å². The Hall–Kier alpha value is 0.590. The summed E-state index contributed by atoms with van der Waals surface area (Å²) in [6, 6.07) is 3.89. The molecule has 0 radical (unpaired) electrons. The van der Waals surface area contributed by atoms with Crippen molar-refractivity contribution >= 4 is 48.8 Å². The number of halogens is 3. The summed E-state index contributed by atoms with van der Waals surface area (Å²) in [6.45, 7) is 0. The lowest BCUT2D eigenvalue weighted by Crippen LogP contribution is -1.81. The molecule has 0 N–H and O–H groups in total. The van der Waals surface area contributed by atoms with E-state index in [1.165, 1.54) is 0 Å². The summed E-state index contributed by atoms with van der Waals surface area (Å²) in [5, 5.41) is 0.812. The first-order chi connectivity index (χ1) is 4.33. The van der Waals surface area contributed by atoms with Crippen LogP contribution in [0.15, 0.2) is 22.8 Å². The van der Waals surface area contributed by atoms with E-state index >= 15 is 0 Å². The number of hydrogen-bond acceptors (Lipinski definition) is 1. The van der Waals surface area contributed by atoms with E-state index in [-0.39, 0.29) is 17.0 Å². The number of alkyl halides is 1. The summed E-state index contributed by atoms with van der Waals surface area (Å²) in [5.74, 6) is 0. The Kier molecular flexibility index (Phi) is 5.58. The highest BCUT2D eigenvalue weighted by Crippen LogP contribution is 2.10. The smallest absolute Gasteiger partial charge is 0.0520 e. The molecule has 0 aliphatic rings. The van der Waals surface area contributed by atoms with Crippen LogP contribution in [0.5, 0.6) is 0 Å². The van der Waals surface area contributed by atoms with Crippen LogP contribution in [0.4, 0.5) is 0 Å². The van der Waals surface area contributed by atoms with Crippen LogP contribution in [0.1, 0.15) is 5.69 Å². The molecular formula is C6H6Br3N. The molecule has 0 aromatic carbocycles. The zero-order chi connectivity index (χ0) is 6.69. The average molecular weight is 332 g/mol. The van der Waals surface area contributed by atoms with Crippen molar-refractivity contribution in [1.29, 1.82) is 0 Å². The lowest BCUT2D eigenvalue weighted by molar-refractivity contribution is 1.18. The molecule has 0 atom stereocenters. The van der Waals surface area contributed by atoms with Gasteiger partial charge in [0.15, 0.2) is 0 Å². The van der Waals surface area contributed by atoms with Gasteiger partial charge in [0.05, 0.1) is 5.69 Å². The quantitative estimate of drug-likeness (QED) is 0.719. The molecule has 1 aromatic rings. The summed E-state index contributed by atoms with van der Waals surface area (Å²) >= 11 is 6.65. The molecule has 1 heterocycles. The van der Waals surface area contributed by atoms with E-state index in [0.29, 0.717) is 0 Å². The second-order valence-corrected chi connectivity index (χ2v) is 3.08. The van der Waals surface area contributed by atoms with Crippen molar-refractivity contribution in [2.24, 2.45) is 0 Å². The van der Waals surface area contributed by atoms with Crippen molar-refractivity contribution < 1.29 is 0 Å². The highest BCUT2D eigenvalue weighted by Gasteiger charge is 1.89. The van der Waals surface area contributed by atoms with E-state index in [9.17, 15) is 0 Å². The Balaban J connectivity index is 0.000000810. The first-order valence-corrected chi connectivity index (χ1v) is 4.41.